The van der Waals surface area contributed by atoms with Crippen molar-refractivity contribution in [2.45, 2.75) is 55.7 Å². The number of rotatable bonds is 9. The Balaban J connectivity index is 3.14. The second-order valence-electron chi connectivity index (χ2n) is 6.80. The number of alkyl halides is 13. The minimum absolute atomic E-state index is 0.0202. The van der Waals surface area contributed by atoms with Gasteiger partial charge in [0.2, 0.25) is 0 Å². The van der Waals surface area contributed by atoms with Crippen LogP contribution < -0.4 is 10.2 Å². The highest BCUT2D eigenvalue weighted by Crippen LogP contribution is 2.60. The summed E-state index contributed by atoms with van der Waals surface area (Å²) in [5, 5.41) is 2.70. The van der Waals surface area contributed by atoms with Gasteiger partial charge in [0, 0.05) is 0 Å². The molecule has 0 saturated carbocycles. The number of hydrazone groups is 1. The fourth-order valence-electron chi connectivity index (χ4n) is 2.05. The minimum atomic E-state index is -8.09. The molecule has 0 unspecified atom stereocenters. The van der Waals surface area contributed by atoms with Gasteiger partial charge in [0.05, 0.1) is 12.3 Å². The third kappa shape index (κ3) is 5.01. The SMILES string of the molecule is CC(C)Oc1ccc(/C=N/NC(=O)C(F)(F)C(F)(F)C(F)(F)C(F)(F)C(F)(F)C(F)(F)F)cc1. The van der Waals surface area contributed by atoms with Crippen LogP contribution in [0.3, 0.4) is 0 Å². The lowest BCUT2D eigenvalue weighted by molar-refractivity contribution is -0.436. The Kier molecular flexibility index (Phi) is 7.86. The van der Waals surface area contributed by atoms with E-state index < -0.39 is 41.7 Å². The molecule has 0 aliphatic rings. The highest BCUT2D eigenvalue weighted by Gasteiger charge is 2.91. The largest absolute Gasteiger partial charge is 0.491 e. The van der Waals surface area contributed by atoms with Gasteiger partial charge in [0.15, 0.2) is 0 Å². The molecule has 0 saturated heterocycles. The number of nitrogens with one attached hydrogen (secondary N) is 1. The summed E-state index contributed by atoms with van der Waals surface area (Å²) >= 11 is 0. The van der Waals surface area contributed by atoms with Crippen molar-refractivity contribution < 1.29 is 66.6 Å². The number of benzene rings is 1. The van der Waals surface area contributed by atoms with Gasteiger partial charge in [-0.3, -0.25) is 4.79 Å². The van der Waals surface area contributed by atoms with Crippen molar-refractivity contribution in [1.29, 1.82) is 0 Å². The molecule has 1 rings (SSSR count). The quantitative estimate of drug-likeness (QED) is 0.258. The first-order valence-corrected chi connectivity index (χ1v) is 8.60. The van der Waals surface area contributed by atoms with Gasteiger partial charge in [-0.15, -0.1) is 0 Å². The molecule has 0 aliphatic heterocycles. The maximum absolute atomic E-state index is 13.6. The Morgan fingerprint density at radius 1 is 0.794 bits per heavy atom. The number of amides is 1. The van der Waals surface area contributed by atoms with E-state index in [1.165, 1.54) is 24.3 Å². The molecule has 0 bridgehead atoms. The fourth-order valence-corrected chi connectivity index (χ4v) is 2.05. The summed E-state index contributed by atoms with van der Waals surface area (Å²) in [6, 6.07) is 4.98. The monoisotopic (exact) mass is 524 g/mol. The van der Waals surface area contributed by atoms with E-state index in [2.05, 4.69) is 5.10 Å². The zero-order chi connectivity index (χ0) is 27.0. The predicted octanol–water partition coefficient (Wildman–Crippen LogP) is 5.66. The minimum Gasteiger partial charge on any atom is -0.491 e. The molecule has 1 N–H and O–H groups in total. The van der Waals surface area contributed by atoms with E-state index in [4.69, 9.17) is 4.74 Å². The van der Waals surface area contributed by atoms with Gasteiger partial charge in [0.25, 0.3) is 0 Å². The van der Waals surface area contributed by atoms with Crippen molar-refractivity contribution in [1.82, 2.24) is 5.43 Å². The van der Waals surface area contributed by atoms with Gasteiger partial charge in [-0.05, 0) is 43.7 Å². The molecule has 1 aromatic carbocycles. The van der Waals surface area contributed by atoms with Crippen molar-refractivity contribution in [2.75, 3.05) is 0 Å². The van der Waals surface area contributed by atoms with Crippen molar-refractivity contribution >= 4 is 12.1 Å². The Hall–Kier alpha value is -2.75. The Labute approximate surface area is 181 Å². The number of hydrogen-bond donors (Lipinski definition) is 1. The van der Waals surface area contributed by atoms with E-state index in [1.54, 1.807) is 13.8 Å². The molecule has 0 spiro atoms. The average molecular weight is 524 g/mol. The summed E-state index contributed by atoms with van der Waals surface area (Å²) in [4.78, 5) is 11.2. The van der Waals surface area contributed by atoms with Crippen LogP contribution in [0.5, 0.6) is 5.75 Å². The summed E-state index contributed by atoms with van der Waals surface area (Å²) in [6.45, 7) is 3.34. The molecule has 4 nitrogen and oxygen atoms in total. The van der Waals surface area contributed by atoms with Gasteiger partial charge >= 0.3 is 41.7 Å². The molecule has 0 fully saturated rings. The molecule has 194 valence electrons. The van der Waals surface area contributed by atoms with Crippen LogP contribution in [0, 0.1) is 0 Å². The van der Waals surface area contributed by atoms with E-state index >= 15 is 0 Å². The average Bonchev–Trinajstić information content (AvgIpc) is 2.67. The third-order valence-corrected chi connectivity index (χ3v) is 3.85. The van der Waals surface area contributed by atoms with E-state index in [1.807, 2.05) is 0 Å². The highest BCUT2D eigenvalue weighted by atomic mass is 19.4. The van der Waals surface area contributed by atoms with E-state index in [0.717, 1.165) is 0 Å². The van der Waals surface area contributed by atoms with Crippen molar-refractivity contribution in [3.8, 4) is 5.75 Å². The molecule has 17 heteroatoms. The van der Waals surface area contributed by atoms with Crippen molar-refractivity contribution in [2.24, 2.45) is 5.10 Å². The van der Waals surface area contributed by atoms with Crippen LogP contribution in [-0.4, -0.2) is 54.0 Å². The second kappa shape index (κ2) is 9.13. The zero-order valence-corrected chi connectivity index (χ0v) is 16.6. The molecule has 1 aromatic rings. The Morgan fingerprint density at radius 3 is 1.65 bits per heavy atom. The Morgan fingerprint density at radius 2 is 1.24 bits per heavy atom. The number of halogens is 13. The Bertz CT molecular complexity index is 894. The van der Waals surface area contributed by atoms with Gasteiger partial charge in [-0.25, -0.2) is 5.43 Å². The molecular formula is C17H13F13N2O2. The van der Waals surface area contributed by atoms with E-state index in [9.17, 15) is 61.9 Å². The summed E-state index contributed by atoms with van der Waals surface area (Å²) in [5.74, 6) is -41.9. The number of ether oxygens (including phenoxy) is 1. The number of carbonyl (C=O) groups is 1. The fraction of sp³-hybridized carbons (Fsp3) is 0.529. The summed E-state index contributed by atoms with van der Waals surface area (Å²) in [6.07, 6.45) is -7.28. The van der Waals surface area contributed by atoms with Gasteiger partial charge in [-0.1, -0.05) is 0 Å². The third-order valence-electron chi connectivity index (χ3n) is 3.85. The molecule has 0 atom stereocenters. The zero-order valence-electron chi connectivity index (χ0n) is 16.6. The van der Waals surface area contributed by atoms with Crippen LogP contribution in [0.4, 0.5) is 57.1 Å². The predicted molar refractivity (Wildman–Crippen MR) is 88.7 cm³/mol. The molecular weight excluding hydrogens is 511 g/mol. The van der Waals surface area contributed by atoms with Crippen LogP contribution >= 0.6 is 0 Å². The molecule has 34 heavy (non-hydrogen) atoms. The summed E-state index contributed by atoms with van der Waals surface area (Å²) < 4.78 is 174. The number of nitrogens with zero attached hydrogens (tertiary/aromatic N) is 1. The van der Waals surface area contributed by atoms with Crippen molar-refractivity contribution in [3.05, 3.63) is 29.8 Å². The first kappa shape index (κ1) is 29.3. The van der Waals surface area contributed by atoms with Crippen LogP contribution in [-0.2, 0) is 4.79 Å². The van der Waals surface area contributed by atoms with Gasteiger partial charge < -0.3 is 4.74 Å². The molecule has 1 amide bonds. The normalized spacial score (nSPS) is 14.6. The number of carbonyl (C=O) groups excluding carboxylic acids is 1. The van der Waals surface area contributed by atoms with Crippen LogP contribution in [0.1, 0.15) is 19.4 Å². The first-order chi connectivity index (χ1) is 15.0. The van der Waals surface area contributed by atoms with E-state index in [-0.39, 0.29) is 11.7 Å². The van der Waals surface area contributed by atoms with E-state index in [0.29, 0.717) is 17.4 Å². The topological polar surface area (TPSA) is 50.7 Å². The first-order valence-electron chi connectivity index (χ1n) is 8.60. The van der Waals surface area contributed by atoms with Crippen molar-refractivity contribution in [3.63, 3.8) is 0 Å². The lowest BCUT2D eigenvalue weighted by atomic mass is 9.93. The lowest BCUT2D eigenvalue weighted by Crippen LogP contribution is -2.71. The van der Waals surface area contributed by atoms with Gasteiger partial charge in [-0.2, -0.15) is 62.2 Å². The van der Waals surface area contributed by atoms with Gasteiger partial charge in [0.1, 0.15) is 5.75 Å². The van der Waals surface area contributed by atoms with Crippen LogP contribution in [0.25, 0.3) is 0 Å². The molecule has 0 aromatic heterocycles. The maximum atomic E-state index is 13.6. The summed E-state index contributed by atoms with van der Waals surface area (Å²) in [5.41, 5.74) is 0.578. The van der Waals surface area contributed by atoms with Crippen LogP contribution in [0.2, 0.25) is 0 Å². The van der Waals surface area contributed by atoms with Crippen LogP contribution in [0.15, 0.2) is 29.4 Å². The highest BCUT2D eigenvalue weighted by molar-refractivity contribution is 5.87. The standard InChI is InChI=1S/C17H13F13N2O2/c1-8(2)34-10-5-3-9(4-6-10)7-31-32-11(33)12(18,19)13(20,21)14(22,23)15(24,25)16(26,27)17(28,29)30/h3-8H,1-2H3,(H,32,33)/b31-7+. The number of hydrogen-bond acceptors (Lipinski definition) is 3. The molecule has 0 radical (unpaired) electrons. The molecule has 0 heterocycles. The second-order valence-corrected chi connectivity index (χ2v) is 6.80. The lowest BCUT2D eigenvalue weighted by Gasteiger charge is -2.38. The molecule has 0 aliphatic carbocycles. The smallest absolute Gasteiger partial charge is 0.460 e. The summed E-state index contributed by atoms with van der Waals surface area (Å²) in [7, 11) is 0. The maximum Gasteiger partial charge on any atom is 0.460 e.